The van der Waals surface area contributed by atoms with Gasteiger partial charge in [0.1, 0.15) is 0 Å². The third-order valence-corrected chi connectivity index (χ3v) is 3.16. The molecule has 96 valence electrons. The molecule has 0 amide bonds. The molecular formula is C12H22N4O. The van der Waals surface area contributed by atoms with Crippen LogP contribution in [-0.4, -0.2) is 29.3 Å². The first-order chi connectivity index (χ1) is 8.25. The van der Waals surface area contributed by atoms with Crippen LogP contribution in [0.5, 0.6) is 0 Å². The Balaban J connectivity index is 1.92. The third-order valence-electron chi connectivity index (χ3n) is 3.16. The van der Waals surface area contributed by atoms with E-state index in [1.807, 2.05) is 6.92 Å². The highest BCUT2D eigenvalue weighted by Gasteiger charge is 2.15. The second-order valence-electron chi connectivity index (χ2n) is 4.91. The second-order valence-corrected chi connectivity index (χ2v) is 4.91. The predicted octanol–water partition coefficient (Wildman–Crippen LogP) is 1.73. The van der Waals surface area contributed by atoms with Gasteiger partial charge in [-0.1, -0.05) is 12.8 Å². The third kappa shape index (κ3) is 3.70. The maximum absolute atomic E-state index is 5.71. The van der Waals surface area contributed by atoms with Crippen molar-refractivity contribution in [3.63, 3.8) is 0 Å². The average Bonchev–Trinajstić information content (AvgIpc) is 2.60. The molecule has 1 atom stereocenters. The van der Waals surface area contributed by atoms with Crippen LogP contribution in [-0.2, 0) is 6.42 Å². The van der Waals surface area contributed by atoms with Gasteiger partial charge in [-0.25, -0.2) is 0 Å². The molecule has 17 heavy (non-hydrogen) atoms. The van der Waals surface area contributed by atoms with E-state index in [0.717, 1.165) is 31.9 Å². The normalized spacial score (nSPS) is 19.1. The Morgan fingerprint density at radius 2 is 2.00 bits per heavy atom. The van der Waals surface area contributed by atoms with E-state index in [1.54, 1.807) is 0 Å². The average molecular weight is 238 g/mol. The number of hydrogen-bond acceptors (Lipinski definition) is 5. The van der Waals surface area contributed by atoms with Crippen molar-refractivity contribution >= 4 is 5.95 Å². The maximum Gasteiger partial charge on any atom is 0.266 e. The van der Waals surface area contributed by atoms with Crippen molar-refractivity contribution in [2.75, 3.05) is 18.0 Å². The van der Waals surface area contributed by atoms with Gasteiger partial charge in [0.25, 0.3) is 5.95 Å². The van der Waals surface area contributed by atoms with Gasteiger partial charge in [-0.05, 0) is 31.3 Å². The molecule has 0 aliphatic carbocycles. The van der Waals surface area contributed by atoms with Crippen molar-refractivity contribution in [2.45, 2.75) is 51.5 Å². The van der Waals surface area contributed by atoms with Gasteiger partial charge in [-0.2, -0.15) is 4.98 Å². The SMILES string of the molecule is CC(N)CCc1nc(N2CCCCCC2)no1. The number of hydrogen-bond donors (Lipinski definition) is 1. The van der Waals surface area contributed by atoms with Gasteiger partial charge in [0.15, 0.2) is 0 Å². The van der Waals surface area contributed by atoms with Crippen LogP contribution in [0.25, 0.3) is 0 Å². The molecule has 1 aliphatic heterocycles. The van der Waals surface area contributed by atoms with Crippen LogP contribution in [0.2, 0.25) is 0 Å². The fourth-order valence-corrected chi connectivity index (χ4v) is 2.10. The van der Waals surface area contributed by atoms with Crippen molar-refractivity contribution in [1.29, 1.82) is 0 Å². The number of nitrogens with zero attached hydrogens (tertiary/aromatic N) is 3. The molecule has 1 saturated heterocycles. The molecule has 5 nitrogen and oxygen atoms in total. The Kier molecular flexibility index (Phi) is 4.36. The van der Waals surface area contributed by atoms with Gasteiger partial charge in [0.05, 0.1) is 0 Å². The zero-order chi connectivity index (χ0) is 12.1. The first-order valence-corrected chi connectivity index (χ1v) is 6.59. The van der Waals surface area contributed by atoms with E-state index < -0.39 is 0 Å². The number of anilines is 1. The predicted molar refractivity (Wildman–Crippen MR) is 66.9 cm³/mol. The minimum absolute atomic E-state index is 0.184. The molecule has 5 heteroatoms. The molecule has 2 rings (SSSR count). The van der Waals surface area contributed by atoms with Crippen LogP contribution in [0.4, 0.5) is 5.95 Å². The monoisotopic (exact) mass is 238 g/mol. The summed E-state index contributed by atoms with van der Waals surface area (Å²) in [5.74, 6) is 1.47. The Labute approximate surface area is 102 Å². The van der Waals surface area contributed by atoms with Gasteiger partial charge < -0.3 is 15.2 Å². The molecule has 0 aromatic carbocycles. The molecule has 2 N–H and O–H groups in total. The second kappa shape index (κ2) is 6.00. The quantitative estimate of drug-likeness (QED) is 0.865. The molecular weight excluding hydrogens is 216 g/mol. The zero-order valence-corrected chi connectivity index (χ0v) is 10.6. The lowest BCUT2D eigenvalue weighted by molar-refractivity contribution is 0.371. The lowest BCUT2D eigenvalue weighted by Gasteiger charge is -2.16. The molecule has 1 fully saturated rings. The summed E-state index contributed by atoms with van der Waals surface area (Å²) in [6.07, 6.45) is 6.74. The smallest absolute Gasteiger partial charge is 0.266 e. The van der Waals surface area contributed by atoms with Gasteiger partial charge >= 0.3 is 0 Å². The van der Waals surface area contributed by atoms with E-state index in [0.29, 0.717) is 5.89 Å². The van der Waals surface area contributed by atoms with E-state index in [1.165, 1.54) is 25.7 Å². The highest BCUT2D eigenvalue weighted by atomic mass is 16.5. The van der Waals surface area contributed by atoms with Crippen molar-refractivity contribution in [3.8, 4) is 0 Å². The first kappa shape index (κ1) is 12.4. The highest BCUT2D eigenvalue weighted by Crippen LogP contribution is 2.16. The molecule has 2 heterocycles. The highest BCUT2D eigenvalue weighted by molar-refractivity contribution is 5.27. The number of rotatable bonds is 4. The lowest BCUT2D eigenvalue weighted by atomic mass is 10.2. The molecule has 1 aliphatic rings. The Morgan fingerprint density at radius 1 is 1.29 bits per heavy atom. The van der Waals surface area contributed by atoms with Crippen LogP contribution < -0.4 is 10.6 Å². The molecule has 1 unspecified atom stereocenters. The molecule has 0 saturated carbocycles. The van der Waals surface area contributed by atoms with E-state index in [2.05, 4.69) is 15.0 Å². The summed E-state index contributed by atoms with van der Waals surface area (Å²) in [6, 6.07) is 0.184. The molecule has 1 aromatic heterocycles. The standard InChI is InChI=1S/C12H22N4O/c1-10(13)6-7-11-14-12(15-17-11)16-8-4-2-3-5-9-16/h10H,2-9,13H2,1H3. The Hall–Kier alpha value is -1.10. The Morgan fingerprint density at radius 3 is 2.65 bits per heavy atom. The summed E-state index contributed by atoms with van der Waals surface area (Å²) in [6.45, 7) is 4.09. The summed E-state index contributed by atoms with van der Waals surface area (Å²) < 4.78 is 5.25. The minimum atomic E-state index is 0.184. The zero-order valence-electron chi connectivity index (χ0n) is 10.6. The summed E-state index contributed by atoms with van der Waals surface area (Å²) >= 11 is 0. The van der Waals surface area contributed by atoms with Gasteiger partial charge in [-0.3, -0.25) is 0 Å². The van der Waals surface area contributed by atoms with Gasteiger partial charge in [0.2, 0.25) is 5.89 Å². The van der Waals surface area contributed by atoms with Crippen molar-refractivity contribution in [1.82, 2.24) is 10.1 Å². The summed E-state index contributed by atoms with van der Waals surface area (Å²) in [5, 5.41) is 4.06. The molecule has 0 radical (unpaired) electrons. The van der Waals surface area contributed by atoms with Crippen molar-refractivity contribution < 1.29 is 4.52 Å². The van der Waals surface area contributed by atoms with Crippen LogP contribution >= 0.6 is 0 Å². The summed E-state index contributed by atoms with van der Waals surface area (Å²) in [4.78, 5) is 6.67. The number of aryl methyl sites for hydroxylation is 1. The molecule has 0 spiro atoms. The number of aromatic nitrogens is 2. The van der Waals surface area contributed by atoms with E-state index in [4.69, 9.17) is 10.3 Å². The van der Waals surface area contributed by atoms with Crippen LogP contribution in [0.1, 0.15) is 44.9 Å². The topological polar surface area (TPSA) is 68.2 Å². The summed E-state index contributed by atoms with van der Waals surface area (Å²) in [7, 11) is 0. The minimum Gasteiger partial charge on any atom is -0.338 e. The number of nitrogens with two attached hydrogens (primary N) is 1. The lowest BCUT2D eigenvalue weighted by Crippen LogP contribution is -2.25. The fourth-order valence-electron chi connectivity index (χ4n) is 2.10. The largest absolute Gasteiger partial charge is 0.338 e. The van der Waals surface area contributed by atoms with E-state index in [9.17, 15) is 0 Å². The maximum atomic E-state index is 5.71. The Bertz CT molecular complexity index is 329. The van der Waals surface area contributed by atoms with Crippen molar-refractivity contribution in [3.05, 3.63) is 5.89 Å². The van der Waals surface area contributed by atoms with Gasteiger partial charge in [0, 0.05) is 25.6 Å². The molecule has 1 aromatic rings. The fraction of sp³-hybridized carbons (Fsp3) is 0.833. The van der Waals surface area contributed by atoms with E-state index in [-0.39, 0.29) is 6.04 Å². The summed E-state index contributed by atoms with van der Waals surface area (Å²) in [5.41, 5.74) is 5.71. The van der Waals surface area contributed by atoms with Crippen LogP contribution in [0, 0.1) is 0 Å². The van der Waals surface area contributed by atoms with Crippen LogP contribution in [0.3, 0.4) is 0 Å². The van der Waals surface area contributed by atoms with E-state index >= 15 is 0 Å². The van der Waals surface area contributed by atoms with Gasteiger partial charge in [-0.15, -0.1) is 0 Å². The first-order valence-electron chi connectivity index (χ1n) is 6.59. The van der Waals surface area contributed by atoms with Crippen LogP contribution in [0.15, 0.2) is 4.52 Å². The molecule has 0 bridgehead atoms. The van der Waals surface area contributed by atoms with Crippen molar-refractivity contribution in [2.24, 2.45) is 5.73 Å².